The predicted molar refractivity (Wildman–Crippen MR) is 68.5 cm³/mol. The standard InChI is InChI=1S/C12H14ClN3O/c1-2-17-12-4-3-9(13)7-11(12)14-8-10-5-6-15-16-10/h3-7,14H,2,8H2,1H3,(H,15,16). The zero-order chi connectivity index (χ0) is 12.1. The summed E-state index contributed by atoms with van der Waals surface area (Å²) in [5.74, 6) is 0.802. The SMILES string of the molecule is CCOc1ccc(Cl)cc1NCc1ccn[nH]1. The van der Waals surface area contributed by atoms with Gasteiger partial charge in [0, 0.05) is 11.2 Å². The molecular weight excluding hydrogens is 238 g/mol. The first-order valence-electron chi connectivity index (χ1n) is 5.44. The summed E-state index contributed by atoms with van der Waals surface area (Å²) in [7, 11) is 0. The topological polar surface area (TPSA) is 49.9 Å². The van der Waals surface area contributed by atoms with Gasteiger partial charge in [-0.15, -0.1) is 0 Å². The highest BCUT2D eigenvalue weighted by atomic mass is 35.5. The van der Waals surface area contributed by atoms with Crippen LogP contribution < -0.4 is 10.1 Å². The fraction of sp³-hybridized carbons (Fsp3) is 0.250. The van der Waals surface area contributed by atoms with E-state index in [4.69, 9.17) is 16.3 Å². The molecule has 90 valence electrons. The molecule has 5 heteroatoms. The second kappa shape index (κ2) is 5.59. The molecule has 0 aliphatic carbocycles. The Bertz CT molecular complexity index is 471. The molecule has 0 bridgehead atoms. The highest BCUT2D eigenvalue weighted by Crippen LogP contribution is 2.28. The Labute approximate surface area is 105 Å². The first kappa shape index (κ1) is 11.8. The number of nitrogens with one attached hydrogen (secondary N) is 2. The summed E-state index contributed by atoms with van der Waals surface area (Å²) in [6.07, 6.45) is 1.72. The number of rotatable bonds is 5. The largest absolute Gasteiger partial charge is 0.492 e. The van der Waals surface area contributed by atoms with Crippen LogP contribution in [0.1, 0.15) is 12.6 Å². The molecule has 0 aliphatic heterocycles. The van der Waals surface area contributed by atoms with Gasteiger partial charge in [-0.3, -0.25) is 5.10 Å². The highest BCUT2D eigenvalue weighted by molar-refractivity contribution is 6.30. The molecule has 0 amide bonds. The van der Waals surface area contributed by atoms with Gasteiger partial charge in [-0.05, 0) is 31.2 Å². The van der Waals surface area contributed by atoms with E-state index in [1.54, 1.807) is 6.20 Å². The van der Waals surface area contributed by atoms with Gasteiger partial charge >= 0.3 is 0 Å². The van der Waals surface area contributed by atoms with Crippen molar-refractivity contribution in [3.63, 3.8) is 0 Å². The van der Waals surface area contributed by atoms with Crippen LogP contribution in [0.15, 0.2) is 30.5 Å². The van der Waals surface area contributed by atoms with Gasteiger partial charge in [-0.1, -0.05) is 11.6 Å². The van der Waals surface area contributed by atoms with Crippen LogP contribution in [0.2, 0.25) is 5.02 Å². The van der Waals surface area contributed by atoms with Crippen LogP contribution in [0.5, 0.6) is 5.75 Å². The Hall–Kier alpha value is -1.68. The maximum atomic E-state index is 5.96. The van der Waals surface area contributed by atoms with E-state index in [1.807, 2.05) is 31.2 Å². The van der Waals surface area contributed by atoms with Crippen LogP contribution in [0, 0.1) is 0 Å². The van der Waals surface area contributed by atoms with Crippen LogP contribution in [0.25, 0.3) is 0 Å². The molecule has 0 saturated heterocycles. The summed E-state index contributed by atoms with van der Waals surface area (Å²) in [5.41, 5.74) is 1.89. The van der Waals surface area contributed by atoms with E-state index in [9.17, 15) is 0 Å². The summed E-state index contributed by atoms with van der Waals surface area (Å²) in [6, 6.07) is 7.44. The van der Waals surface area contributed by atoms with Crippen molar-refractivity contribution in [2.75, 3.05) is 11.9 Å². The molecule has 1 aromatic carbocycles. The first-order chi connectivity index (χ1) is 8.29. The number of H-pyrrole nitrogens is 1. The molecular formula is C12H14ClN3O. The zero-order valence-electron chi connectivity index (χ0n) is 9.53. The molecule has 0 spiro atoms. The van der Waals surface area contributed by atoms with E-state index < -0.39 is 0 Å². The quantitative estimate of drug-likeness (QED) is 0.859. The van der Waals surface area contributed by atoms with Gasteiger partial charge in [0.2, 0.25) is 0 Å². The van der Waals surface area contributed by atoms with Gasteiger partial charge in [-0.25, -0.2) is 0 Å². The van der Waals surface area contributed by atoms with E-state index in [1.165, 1.54) is 0 Å². The lowest BCUT2D eigenvalue weighted by atomic mass is 10.3. The third kappa shape index (κ3) is 3.14. The van der Waals surface area contributed by atoms with Crippen molar-refractivity contribution < 1.29 is 4.74 Å². The Morgan fingerprint density at radius 2 is 2.29 bits per heavy atom. The van der Waals surface area contributed by atoms with E-state index in [0.29, 0.717) is 18.2 Å². The van der Waals surface area contributed by atoms with Gasteiger partial charge in [0.25, 0.3) is 0 Å². The molecule has 0 radical (unpaired) electrons. The minimum Gasteiger partial charge on any atom is -0.492 e. The van der Waals surface area contributed by atoms with Crippen LogP contribution in [-0.2, 0) is 6.54 Å². The number of hydrogen-bond acceptors (Lipinski definition) is 3. The summed E-state index contributed by atoms with van der Waals surface area (Å²) in [6.45, 7) is 3.23. The average Bonchev–Trinajstić information content (AvgIpc) is 2.82. The number of ether oxygens (including phenoxy) is 1. The van der Waals surface area contributed by atoms with Crippen LogP contribution >= 0.6 is 11.6 Å². The van der Waals surface area contributed by atoms with Gasteiger partial charge in [0.05, 0.1) is 24.5 Å². The molecule has 17 heavy (non-hydrogen) atoms. The van der Waals surface area contributed by atoms with E-state index >= 15 is 0 Å². The van der Waals surface area contributed by atoms with E-state index in [-0.39, 0.29) is 0 Å². The van der Waals surface area contributed by atoms with Crippen LogP contribution in [0.3, 0.4) is 0 Å². The summed E-state index contributed by atoms with van der Waals surface area (Å²) in [5, 5.41) is 10.7. The molecule has 1 heterocycles. The molecule has 0 aliphatic rings. The Morgan fingerprint density at radius 1 is 1.41 bits per heavy atom. The molecule has 0 saturated carbocycles. The molecule has 1 aromatic heterocycles. The third-order valence-electron chi connectivity index (χ3n) is 2.27. The number of anilines is 1. The van der Waals surface area contributed by atoms with Gasteiger partial charge < -0.3 is 10.1 Å². The number of aromatic amines is 1. The van der Waals surface area contributed by atoms with Crippen LogP contribution in [-0.4, -0.2) is 16.8 Å². The number of benzene rings is 1. The van der Waals surface area contributed by atoms with E-state index in [2.05, 4.69) is 15.5 Å². The highest BCUT2D eigenvalue weighted by Gasteiger charge is 2.04. The molecule has 2 N–H and O–H groups in total. The number of hydrogen-bond donors (Lipinski definition) is 2. The predicted octanol–water partition coefficient (Wildman–Crippen LogP) is 3.07. The number of aromatic nitrogens is 2. The summed E-state index contributed by atoms with van der Waals surface area (Å²) < 4.78 is 5.51. The van der Waals surface area contributed by atoms with E-state index in [0.717, 1.165) is 17.1 Å². The lowest BCUT2D eigenvalue weighted by Gasteiger charge is -2.12. The zero-order valence-corrected chi connectivity index (χ0v) is 10.3. The maximum absolute atomic E-state index is 5.96. The van der Waals surface area contributed by atoms with Crippen molar-refractivity contribution >= 4 is 17.3 Å². The number of nitrogens with zero attached hydrogens (tertiary/aromatic N) is 1. The fourth-order valence-electron chi connectivity index (χ4n) is 1.50. The minimum atomic E-state index is 0.625. The molecule has 2 rings (SSSR count). The molecule has 0 unspecified atom stereocenters. The van der Waals surface area contributed by atoms with Gasteiger partial charge in [0.1, 0.15) is 5.75 Å². The lowest BCUT2D eigenvalue weighted by molar-refractivity contribution is 0.341. The third-order valence-corrected chi connectivity index (χ3v) is 2.50. The minimum absolute atomic E-state index is 0.625. The molecule has 0 atom stereocenters. The second-order valence-electron chi connectivity index (χ2n) is 3.51. The van der Waals surface area contributed by atoms with Crippen molar-refractivity contribution in [2.45, 2.75) is 13.5 Å². The van der Waals surface area contributed by atoms with Crippen molar-refractivity contribution in [1.29, 1.82) is 0 Å². The van der Waals surface area contributed by atoms with Crippen molar-refractivity contribution in [3.05, 3.63) is 41.2 Å². The smallest absolute Gasteiger partial charge is 0.142 e. The average molecular weight is 252 g/mol. The van der Waals surface area contributed by atoms with Gasteiger partial charge in [0.15, 0.2) is 0 Å². The summed E-state index contributed by atoms with van der Waals surface area (Å²) in [4.78, 5) is 0. The maximum Gasteiger partial charge on any atom is 0.142 e. The Balaban J connectivity index is 2.10. The molecule has 2 aromatic rings. The van der Waals surface area contributed by atoms with Crippen molar-refractivity contribution in [2.24, 2.45) is 0 Å². The number of halogens is 1. The lowest BCUT2D eigenvalue weighted by Crippen LogP contribution is -2.03. The second-order valence-corrected chi connectivity index (χ2v) is 3.95. The van der Waals surface area contributed by atoms with Crippen molar-refractivity contribution in [1.82, 2.24) is 10.2 Å². The van der Waals surface area contributed by atoms with Gasteiger partial charge in [-0.2, -0.15) is 5.10 Å². The van der Waals surface area contributed by atoms with Crippen molar-refractivity contribution in [3.8, 4) is 5.75 Å². The molecule has 0 fully saturated rings. The monoisotopic (exact) mass is 251 g/mol. The Kier molecular flexibility index (Phi) is 3.88. The Morgan fingerprint density at radius 3 is 3.00 bits per heavy atom. The van der Waals surface area contributed by atoms with Crippen LogP contribution in [0.4, 0.5) is 5.69 Å². The fourth-order valence-corrected chi connectivity index (χ4v) is 1.67. The first-order valence-corrected chi connectivity index (χ1v) is 5.82. The summed E-state index contributed by atoms with van der Waals surface area (Å²) >= 11 is 5.96. The molecule has 4 nitrogen and oxygen atoms in total. The normalized spacial score (nSPS) is 10.2.